The third-order valence-electron chi connectivity index (χ3n) is 3.37. The van der Waals surface area contributed by atoms with E-state index in [9.17, 15) is 9.59 Å². The lowest BCUT2D eigenvalue weighted by molar-refractivity contribution is -0.139. The Kier molecular flexibility index (Phi) is 6.54. The minimum Gasteiger partial charge on any atom is -0.480 e. The Morgan fingerprint density at radius 2 is 2.06 bits per heavy atom. The van der Waals surface area contributed by atoms with Crippen LogP contribution >= 0.6 is 0 Å². The van der Waals surface area contributed by atoms with Gasteiger partial charge in [0, 0.05) is 0 Å². The van der Waals surface area contributed by atoms with Crippen molar-refractivity contribution in [1.29, 1.82) is 0 Å². The van der Waals surface area contributed by atoms with Gasteiger partial charge in [0.1, 0.15) is 6.04 Å². The average Bonchev–Trinajstić information content (AvgIpc) is 2.81. The van der Waals surface area contributed by atoms with E-state index in [0.29, 0.717) is 18.9 Å². The number of nitrogens with one attached hydrogen (secondary N) is 1. The Hall–Kier alpha value is -1.26. The summed E-state index contributed by atoms with van der Waals surface area (Å²) >= 11 is 0. The smallest absolute Gasteiger partial charge is 0.407 e. The Labute approximate surface area is 108 Å². The monoisotopic (exact) mass is 257 g/mol. The van der Waals surface area contributed by atoms with E-state index in [2.05, 4.69) is 5.32 Å². The van der Waals surface area contributed by atoms with Crippen molar-refractivity contribution in [2.45, 2.75) is 57.9 Å². The second kappa shape index (κ2) is 7.95. The van der Waals surface area contributed by atoms with Crippen LogP contribution in [0.2, 0.25) is 0 Å². The lowest BCUT2D eigenvalue weighted by atomic mass is 9.98. The maximum absolute atomic E-state index is 11.4. The van der Waals surface area contributed by atoms with Crippen LogP contribution in [0, 0.1) is 5.92 Å². The average molecular weight is 257 g/mol. The number of carboxylic acid groups (broad SMARTS) is 1. The van der Waals surface area contributed by atoms with Crippen molar-refractivity contribution in [1.82, 2.24) is 5.32 Å². The topological polar surface area (TPSA) is 75.6 Å². The van der Waals surface area contributed by atoms with Gasteiger partial charge in [-0.15, -0.1) is 0 Å². The first-order valence-electron chi connectivity index (χ1n) is 6.79. The van der Waals surface area contributed by atoms with Crippen molar-refractivity contribution in [3.63, 3.8) is 0 Å². The molecule has 1 rings (SSSR count). The quantitative estimate of drug-likeness (QED) is 0.687. The first-order valence-corrected chi connectivity index (χ1v) is 6.79. The van der Waals surface area contributed by atoms with Gasteiger partial charge in [0.2, 0.25) is 0 Å². The van der Waals surface area contributed by atoms with E-state index >= 15 is 0 Å². The molecule has 0 bridgehead atoms. The molecule has 0 aromatic heterocycles. The maximum atomic E-state index is 11.4. The number of hydrogen-bond acceptors (Lipinski definition) is 3. The molecular formula is C13H23NO4. The Balaban J connectivity index is 2.32. The minimum atomic E-state index is -0.977. The summed E-state index contributed by atoms with van der Waals surface area (Å²) in [6.07, 6.45) is 6.10. The van der Waals surface area contributed by atoms with Crippen LogP contribution in [0.4, 0.5) is 4.79 Å². The van der Waals surface area contributed by atoms with Crippen LogP contribution in [0.5, 0.6) is 0 Å². The van der Waals surface area contributed by atoms with Gasteiger partial charge in [0.05, 0.1) is 6.61 Å². The van der Waals surface area contributed by atoms with Crippen LogP contribution in [-0.2, 0) is 9.53 Å². The molecule has 1 amide bonds. The molecule has 2 N–H and O–H groups in total. The van der Waals surface area contributed by atoms with Crippen molar-refractivity contribution < 1.29 is 19.4 Å². The highest BCUT2D eigenvalue weighted by atomic mass is 16.5. The predicted octanol–water partition coefficient (Wildman–Crippen LogP) is 2.55. The van der Waals surface area contributed by atoms with Crippen LogP contribution < -0.4 is 5.32 Å². The number of unbranched alkanes of at least 4 members (excludes halogenated alkanes) is 1. The Morgan fingerprint density at radius 1 is 1.39 bits per heavy atom. The minimum absolute atomic E-state index is 0.345. The zero-order chi connectivity index (χ0) is 13.4. The summed E-state index contributed by atoms with van der Waals surface area (Å²) in [6.45, 7) is 2.35. The van der Waals surface area contributed by atoms with E-state index in [4.69, 9.17) is 9.84 Å². The number of carbonyl (C=O) groups is 2. The van der Waals surface area contributed by atoms with Crippen molar-refractivity contribution in [2.24, 2.45) is 5.92 Å². The van der Waals surface area contributed by atoms with E-state index in [1.165, 1.54) is 0 Å². The second-order valence-electron chi connectivity index (χ2n) is 4.91. The van der Waals surface area contributed by atoms with E-state index < -0.39 is 18.1 Å². The van der Waals surface area contributed by atoms with Crippen LogP contribution in [0.25, 0.3) is 0 Å². The molecule has 1 fully saturated rings. The number of hydrogen-bond donors (Lipinski definition) is 2. The molecule has 1 saturated carbocycles. The maximum Gasteiger partial charge on any atom is 0.407 e. The van der Waals surface area contributed by atoms with Crippen LogP contribution in [0.1, 0.15) is 51.9 Å². The fourth-order valence-electron chi connectivity index (χ4n) is 2.29. The largest absolute Gasteiger partial charge is 0.480 e. The number of aliphatic carboxylic acids is 1. The molecule has 0 aliphatic heterocycles. The van der Waals surface area contributed by atoms with Gasteiger partial charge in [-0.2, -0.15) is 0 Å². The van der Waals surface area contributed by atoms with E-state index in [1.54, 1.807) is 0 Å². The van der Waals surface area contributed by atoms with Crippen LogP contribution in [0.3, 0.4) is 0 Å². The second-order valence-corrected chi connectivity index (χ2v) is 4.91. The summed E-state index contributed by atoms with van der Waals surface area (Å²) < 4.78 is 4.91. The van der Waals surface area contributed by atoms with Crippen molar-refractivity contribution in [2.75, 3.05) is 6.61 Å². The molecule has 1 atom stereocenters. The highest BCUT2D eigenvalue weighted by Crippen LogP contribution is 2.28. The molecule has 5 heteroatoms. The first-order chi connectivity index (χ1) is 8.63. The lowest BCUT2D eigenvalue weighted by Crippen LogP contribution is -2.42. The fourth-order valence-corrected chi connectivity index (χ4v) is 2.29. The predicted molar refractivity (Wildman–Crippen MR) is 67.4 cm³/mol. The van der Waals surface area contributed by atoms with Crippen LogP contribution in [-0.4, -0.2) is 29.8 Å². The molecule has 18 heavy (non-hydrogen) atoms. The van der Waals surface area contributed by atoms with Gasteiger partial charge < -0.3 is 15.2 Å². The first kappa shape index (κ1) is 14.8. The molecule has 0 aromatic carbocycles. The number of carbonyl (C=O) groups excluding carboxylic acids is 1. The summed E-state index contributed by atoms with van der Waals surface area (Å²) in [5.74, 6) is -0.559. The van der Waals surface area contributed by atoms with Gasteiger partial charge in [-0.3, -0.25) is 0 Å². The summed E-state index contributed by atoms with van der Waals surface area (Å²) in [4.78, 5) is 22.5. The molecule has 0 radical (unpaired) electrons. The van der Waals surface area contributed by atoms with Crippen LogP contribution in [0.15, 0.2) is 0 Å². The van der Waals surface area contributed by atoms with Gasteiger partial charge in [-0.05, 0) is 18.8 Å². The van der Waals surface area contributed by atoms with Crippen molar-refractivity contribution in [3.05, 3.63) is 0 Å². The van der Waals surface area contributed by atoms with Gasteiger partial charge in [-0.25, -0.2) is 9.59 Å². The molecule has 0 heterocycles. The molecule has 0 saturated heterocycles. The summed E-state index contributed by atoms with van der Waals surface area (Å²) in [5, 5.41) is 11.5. The molecule has 104 valence electrons. The van der Waals surface area contributed by atoms with E-state index in [1.807, 2.05) is 6.92 Å². The van der Waals surface area contributed by atoms with E-state index in [0.717, 1.165) is 38.5 Å². The SMILES string of the molecule is CCCCOC(=O)N[C@@H](CC1CCCC1)C(=O)O. The molecule has 0 unspecified atom stereocenters. The summed E-state index contributed by atoms with van der Waals surface area (Å²) in [5.41, 5.74) is 0. The lowest BCUT2D eigenvalue weighted by Gasteiger charge is -2.17. The van der Waals surface area contributed by atoms with E-state index in [-0.39, 0.29) is 0 Å². The zero-order valence-electron chi connectivity index (χ0n) is 11.0. The van der Waals surface area contributed by atoms with Gasteiger partial charge >= 0.3 is 12.1 Å². The summed E-state index contributed by atoms with van der Waals surface area (Å²) in [7, 11) is 0. The normalized spacial score (nSPS) is 17.4. The highest BCUT2D eigenvalue weighted by molar-refractivity contribution is 5.79. The number of carboxylic acids is 1. The number of alkyl carbamates (subject to hydrolysis) is 1. The molecule has 1 aliphatic carbocycles. The van der Waals surface area contributed by atoms with Crippen molar-refractivity contribution >= 4 is 12.1 Å². The molecular weight excluding hydrogens is 234 g/mol. The third-order valence-corrected chi connectivity index (χ3v) is 3.37. The number of ether oxygens (including phenoxy) is 1. The standard InChI is InChI=1S/C13H23NO4/c1-2-3-8-18-13(17)14-11(12(15)16)9-10-6-4-5-7-10/h10-11H,2-9H2,1H3,(H,14,17)(H,15,16)/t11-/m0/s1. The molecule has 5 nitrogen and oxygen atoms in total. The zero-order valence-corrected chi connectivity index (χ0v) is 11.0. The number of amides is 1. The highest BCUT2D eigenvalue weighted by Gasteiger charge is 2.26. The Bertz CT molecular complexity index is 274. The molecule has 0 spiro atoms. The molecule has 0 aromatic rings. The fraction of sp³-hybridized carbons (Fsp3) is 0.846. The van der Waals surface area contributed by atoms with Gasteiger partial charge in [0.25, 0.3) is 0 Å². The Morgan fingerprint density at radius 3 is 2.61 bits per heavy atom. The van der Waals surface area contributed by atoms with Crippen molar-refractivity contribution in [3.8, 4) is 0 Å². The number of rotatable bonds is 7. The molecule has 1 aliphatic rings. The van der Waals surface area contributed by atoms with Gasteiger partial charge in [-0.1, -0.05) is 39.0 Å². The third kappa shape index (κ3) is 5.38. The summed E-state index contributed by atoms with van der Waals surface area (Å²) in [6, 6.07) is -0.817. The van der Waals surface area contributed by atoms with Gasteiger partial charge in [0.15, 0.2) is 0 Å².